The van der Waals surface area contributed by atoms with E-state index in [1.165, 1.54) is 5.69 Å². The normalized spacial score (nSPS) is 17.3. The maximum absolute atomic E-state index is 6.06. The van der Waals surface area contributed by atoms with Crippen LogP contribution < -0.4 is 25.4 Å². The first-order valence-electron chi connectivity index (χ1n) is 11.3. The lowest BCUT2D eigenvalue weighted by Crippen LogP contribution is -2.46. The monoisotopic (exact) mass is 423 g/mol. The third kappa shape index (κ3) is 6.28. The molecule has 7 nitrogen and oxygen atoms in total. The number of piperazine rings is 1. The van der Waals surface area contributed by atoms with Crippen molar-refractivity contribution in [2.24, 2.45) is 10.7 Å². The van der Waals surface area contributed by atoms with E-state index in [1.54, 1.807) is 0 Å². The fraction of sp³-hybridized carbons (Fsp3) is 0.458. The number of anilines is 2. The number of para-hydroxylation sites is 1. The van der Waals surface area contributed by atoms with Crippen LogP contribution >= 0.6 is 0 Å². The molecular weight excluding hydrogens is 390 g/mol. The summed E-state index contributed by atoms with van der Waals surface area (Å²) >= 11 is 0. The van der Waals surface area contributed by atoms with Gasteiger partial charge in [-0.1, -0.05) is 18.2 Å². The first-order valence-corrected chi connectivity index (χ1v) is 11.3. The number of nitrogens with zero attached hydrogens (tertiary/aromatic N) is 3. The van der Waals surface area contributed by atoms with E-state index in [4.69, 9.17) is 15.2 Å². The van der Waals surface area contributed by atoms with Crippen molar-refractivity contribution in [3.8, 4) is 11.5 Å². The van der Waals surface area contributed by atoms with Gasteiger partial charge in [0, 0.05) is 56.6 Å². The molecule has 2 aliphatic heterocycles. The zero-order chi connectivity index (χ0) is 21.3. The molecule has 0 aromatic heterocycles. The number of unbranched alkanes of at least 4 members (excludes halogenated alkanes) is 1. The van der Waals surface area contributed by atoms with E-state index >= 15 is 0 Å². The maximum atomic E-state index is 6.06. The Kier molecular flexibility index (Phi) is 7.50. The fourth-order valence-electron chi connectivity index (χ4n) is 3.94. The van der Waals surface area contributed by atoms with Gasteiger partial charge in [-0.2, -0.15) is 0 Å². The Labute approximate surface area is 184 Å². The number of hydrogen-bond donors (Lipinski definition) is 2. The van der Waals surface area contributed by atoms with Gasteiger partial charge in [0.05, 0.1) is 13.2 Å². The van der Waals surface area contributed by atoms with E-state index < -0.39 is 0 Å². The minimum atomic E-state index is 0.436. The smallest absolute Gasteiger partial charge is 0.193 e. The van der Waals surface area contributed by atoms with Gasteiger partial charge in [-0.25, -0.2) is 0 Å². The maximum Gasteiger partial charge on any atom is 0.193 e. The van der Waals surface area contributed by atoms with Crippen molar-refractivity contribution in [2.45, 2.75) is 19.3 Å². The molecule has 2 aromatic carbocycles. The predicted octanol–water partition coefficient (Wildman–Crippen LogP) is 3.18. The fourth-order valence-corrected chi connectivity index (χ4v) is 3.94. The van der Waals surface area contributed by atoms with Gasteiger partial charge in [0.2, 0.25) is 0 Å². The minimum absolute atomic E-state index is 0.436. The van der Waals surface area contributed by atoms with Crippen LogP contribution in [0.5, 0.6) is 11.5 Å². The van der Waals surface area contributed by atoms with Gasteiger partial charge in [-0.3, -0.25) is 9.89 Å². The summed E-state index contributed by atoms with van der Waals surface area (Å²) in [6, 6.07) is 16.4. The molecule has 0 unspecified atom stereocenters. The zero-order valence-corrected chi connectivity index (χ0v) is 18.1. The molecule has 2 heterocycles. The Balaban J connectivity index is 1.13. The Bertz CT molecular complexity index is 850. The molecule has 0 amide bonds. The van der Waals surface area contributed by atoms with Crippen molar-refractivity contribution in [1.82, 2.24) is 4.90 Å². The van der Waals surface area contributed by atoms with Crippen LogP contribution in [0.3, 0.4) is 0 Å². The molecule has 0 bridgehead atoms. The van der Waals surface area contributed by atoms with Crippen molar-refractivity contribution in [2.75, 3.05) is 62.7 Å². The van der Waals surface area contributed by atoms with Crippen LogP contribution in [0.1, 0.15) is 19.3 Å². The predicted molar refractivity (Wildman–Crippen MR) is 126 cm³/mol. The van der Waals surface area contributed by atoms with E-state index in [-0.39, 0.29) is 0 Å². The second-order valence-electron chi connectivity index (χ2n) is 7.98. The van der Waals surface area contributed by atoms with Gasteiger partial charge < -0.3 is 25.4 Å². The Morgan fingerprint density at radius 3 is 2.52 bits per heavy atom. The molecule has 2 aliphatic rings. The van der Waals surface area contributed by atoms with E-state index in [9.17, 15) is 0 Å². The summed E-state index contributed by atoms with van der Waals surface area (Å²) in [4.78, 5) is 9.48. The van der Waals surface area contributed by atoms with E-state index in [0.717, 1.165) is 75.7 Å². The first-order chi connectivity index (χ1) is 15.3. The van der Waals surface area contributed by atoms with E-state index in [1.807, 2.05) is 18.2 Å². The van der Waals surface area contributed by atoms with Crippen LogP contribution in [-0.4, -0.2) is 63.3 Å². The summed E-state index contributed by atoms with van der Waals surface area (Å²) in [6.45, 7) is 7.62. The van der Waals surface area contributed by atoms with E-state index in [0.29, 0.717) is 19.2 Å². The molecule has 0 aliphatic carbocycles. The molecule has 0 spiro atoms. The summed E-state index contributed by atoms with van der Waals surface area (Å²) in [7, 11) is 0. The molecule has 0 radical (unpaired) electrons. The van der Waals surface area contributed by atoms with E-state index in [2.05, 4.69) is 50.4 Å². The highest BCUT2D eigenvalue weighted by atomic mass is 16.5. The summed E-state index contributed by atoms with van der Waals surface area (Å²) < 4.78 is 11.4. The molecule has 1 saturated heterocycles. The number of benzene rings is 2. The Hall–Kier alpha value is -2.93. The quantitative estimate of drug-likeness (QED) is 0.405. The van der Waals surface area contributed by atoms with Gasteiger partial charge in [-0.05, 0) is 43.7 Å². The van der Waals surface area contributed by atoms with Crippen LogP contribution in [0.15, 0.2) is 53.5 Å². The SMILES string of the molecule is NC(=NCCCCN1CCN(c2ccccc2)CC1)Nc1ccc2c(c1)OCCCO2. The second-order valence-corrected chi connectivity index (χ2v) is 7.98. The van der Waals surface area contributed by atoms with Crippen molar-refractivity contribution < 1.29 is 9.47 Å². The topological polar surface area (TPSA) is 75.4 Å². The van der Waals surface area contributed by atoms with Crippen molar-refractivity contribution in [3.05, 3.63) is 48.5 Å². The highest BCUT2D eigenvalue weighted by molar-refractivity contribution is 5.92. The third-order valence-corrected chi connectivity index (χ3v) is 5.68. The van der Waals surface area contributed by atoms with Crippen molar-refractivity contribution >= 4 is 17.3 Å². The number of fused-ring (bicyclic) bond motifs is 1. The van der Waals surface area contributed by atoms with Gasteiger partial charge in [0.15, 0.2) is 17.5 Å². The number of ether oxygens (including phenoxy) is 2. The molecule has 4 rings (SSSR count). The zero-order valence-electron chi connectivity index (χ0n) is 18.1. The lowest BCUT2D eigenvalue weighted by atomic mass is 10.2. The molecular formula is C24H33N5O2. The molecule has 31 heavy (non-hydrogen) atoms. The van der Waals surface area contributed by atoms with Crippen LogP contribution in [0.2, 0.25) is 0 Å². The standard InChI is InChI=1S/C24H33N5O2/c25-24(27-20-9-10-22-23(19-20)31-18-6-17-30-22)26-11-4-5-12-28-13-15-29(16-14-28)21-7-2-1-3-8-21/h1-3,7-10,19H,4-6,11-18H2,(H3,25,26,27). The molecule has 1 fully saturated rings. The van der Waals surface area contributed by atoms with Crippen LogP contribution in [0.25, 0.3) is 0 Å². The lowest BCUT2D eigenvalue weighted by molar-refractivity contribution is 0.253. The van der Waals surface area contributed by atoms with Crippen molar-refractivity contribution in [3.63, 3.8) is 0 Å². The summed E-state index contributed by atoms with van der Waals surface area (Å²) in [6.07, 6.45) is 3.05. The lowest BCUT2D eigenvalue weighted by Gasteiger charge is -2.36. The number of nitrogens with two attached hydrogens (primary N) is 1. The molecule has 0 atom stereocenters. The van der Waals surface area contributed by atoms with Crippen LogP contribution in [0, 0.1) is 0 Å². The average molecular weight is 424 g/mol. The third-order valence-electron chi connectivity index (χ3n) is 5.68. The second kappa shape index (κ2) is 10.9. The summed E-state index contributed by atoms with van der Waals surface area (Å²) in [5, 5.41) is 3.15. The first kappa shape index (κ1) is 21.3. The molecule has 3 N–H and O–H groups in total. The summed E-state index contributed by atoms with van der Waals surface area (Å²) in [5.74, 6) is 1.97. The van der Waals surface area contributed by atoms with Crippen LogP contribution in [-0.2, 0) is 0 Å². The van der Waals surface area contributed by atoms with Gasteiger partial charge in [0.1, 0.15) is 0 Å². The Morgan fingerprint density at radius 1 is 0.935 bits per heavy atom. The number of guanidine groups is 1. The number of nitrogens with one attached hydrogen (secondary N) is 1. The highest BCUT2D eigenvalue weighted by Gasteiger charge is 2.16. The molecule has 0 saturated carbocycles. The Morgan fingerprint density at radius 2 is 1.71 bits per heavy atom. The number of aliphatic imine (C=N–C) groups is 1. The number of hydrogen-bond acceptors (Lipinski definition) is 5. The molecule has 2 aromatic rings. The van der Waals surface area contributed by atoms with Gasteiger partial charge in [-0.15, -0.1) is 0 Å². The molecule has 166 valence electrons. The minimum Gasteiger partial charge on any atom is -0.490 e. The summed E-state index contributed by atoms with van der Waals surface area (Å²) in [5.41, 5.74) is 8.25. The van der Waals surface area contributed by atoms with Gasteiger partial charge >= 0.3 is 0 Å². The average Bonchev–Trinajstić information content (AvgIpc) is 3.05. The van der Waals surface area contributed by atoms with Crippen molar-refractivity contribution in [1.29, 1.82) is 0 Å². The largest absolute Gasteiger partial charge is 0.490 e. The van der Waals surface area contributed by atoms with Crippen LogP contribution in [0.4, 0.5) is 11.4 Å². The highest BCUT2D eigenvalue weighted by Crippen LogP contribution is 2.32. The number of rotatable bonds is 7. The van der Waals surface area contributed by atoms with Gasteiger partial charge in [0.25, 0.3) is 0 Å². The molecule has 7 heteroatoms.